The largest absolute Gasteiger partial charge is 0.450 e. The molecule has 0 spiro atoms. The number of nitro benzene ring substituents is 1. The minimum absolute atomic E-state index is 0.0556. The molecule has 0 saturated carbocycles. The predicted octanol–water partition coefficient (Wildman–Crippen LogP) is 3.79. The Balaban J connectivity index is 2.12. The monoisotopic (exact) mass is 415 g/mol. The van der Waals surface area contributed by atoms with Gasteiger partial charge in [0.1, 0.15) is 12.4 Å². The Morgan fingerprint density at radius 3 is 2.50 bits per heavy atom. The summed E-state index contributed by atoms with van der Waals surface area (Å²) in [7, 11) is 5.31. The summed E-state index contributed by atoms with van der Waals surface area (Å²) in [6.07, 6.45) is -0.607. The molecule has 0 aliphatic carbocycles. The van der Waals surface area contributed by atoms with E-state index in [2.05, 4.69) is 11.9 Å². The number of hydrogen-bond acceptors (Lipinski definition) is 7. The minimum Gasteiger partial charge on any atom is -0.450 e. The number of amides is 1. The number of carbonyl (C=O) groups is 1. The number of nitrogens with zero attached hydrogens (tertiary/aromatic N) is 2. The van der Waals surface area contributed by atoms with Gasteiger partial charge in [-0.2, -0.15) is 0 Å². The zero-order chi connectivity index (χ0) is 22.1. The van der Waals surface area contributed by atoms with E-state index in [0.29, 0.717) is 24.5 Å². The van der Waals surface area contributed by atoms with Crippen LogP contribution >= 0.6 is 0 Å². The van der Waals surface area contributed by atoms with Crippen LogP contribution in [0.1, 0.15) is 11.1 Å². The Morgan fingerprint density at radius 1 is 1.20 bits per heavy atom. The highest BCUT2D eigenvalue weighted by atomic mass is 16.6. The number of ether oxygens (including phenoxy) is 3. The highest BCUT2D eigenvalue weighted by Gasteiger charge is 2.17. The van der Waals surface area contributed by atoms with E-state index in [4.69, 9.17) is 14.2 Å². The van der Waals surface area contributed by atoms with Crippen molar-refractivity contribution >= 4 is 17.5 Å². The third kappa shape index (κ3) is 6.49. The van der Waals surface area contributed by atoms with Crippen LogP contribution in [0, 0.1) is 10.1 Å². The van der Waals surface area contributed by atoms with Gasteiger partial charge in [-0.25, -0.2) is 4.79 Å². The summed E-state index contributed by atoms with van der Waals surface area (Å²) >= 11 is 0. The van der Waals surface area contributed by atoms with Gasteiger partial charge in [0.05, 0.1) is 11.5 Å². The second-order valence-corrected chi connectivity index (χ2v) is 6.52. The maximum atomic E-state index is 11.6. The van der Waals surface area contributed by atoms with Crippen LogP contribution in [0.4, 0.5) is 10.5 Å². The summed E-state index contributed by atoms with van der Waals surface area (Å²) in [4.78, 5) is 24.4. The molecule has 9 heteroatoms. The number of carbonyl (C=O) groups excluding carboxylic acids is 1. The second kappa shape index (κ2) is 10.8. The van der Waals surface area contributed by atoms with Gasteiger partial charge in [0.25, 0.3) is 0 Å². The van der Waals surface area contributed by atoms with Crippen molar-refractivity contribution in [1.82, 2.24) is 10.2 Å². The fraction of sp³-hybridized carbons (Fsp3) is 0.286. The molecular formula is C21H25N3O6. The van der Waals surface area contributed by atoms with Crippen molar-refractivity contribution in [2.24, 2.45) is 0 Å². The molecule has 30 heavy (non-hydrogen) atoms. The molecule has 0 radical (unpaired) electrons. The first-order valence-corrected chi connectivity index (χ1v) is 9.13. The molecule has 0 atom stereocenters. The van der Waals surface area contributed by atoms with Gasteiger partial charge in [0.2, 0.25) is 5.75 Å². The van der Waals surface area contributed by atoms with Gasteiger partial charge in [-0.15, -0.1) is 0 Å². The Morgan fingerprint density at radius 2 is 1.90 bits per heavy atom. The third-order valence-electron chi connectivity index (χ3n) is 4.12. The molecule has 1 amide bonds. The maximum Gasteiger partial charge on any atom is 0.407 e. The lowest BCUT2D eigenvalue weighted by Crippen LogP contribution is -2.27. The van der Waals surface area contributed by atoms with E-state index >= 15 is 0 Å². The van der Waals surface area contributed by atoms with Crippen LogP contribution in [0.25, 0.3) is 5.70 Å². The number of benzene rings is 2. The van der Waals surface area contributed by atoms with Crippen molar-refractivity contribution in [3.8, 4) is 11.5 Å². The first kappa shape index (κ1) is 22.7. The highest BCUT2D eigenvalue weighted by Crippen LogP contribution is 2.33. The molecule has 0 fully saturated rings. The zero-order valence-corrected chi connectivity index (χ0v) is 17.2. The van der Waals surface area contributed by atoms with Gasteiger partial charge in [-0.05, 0) is 47.5 Å². The van der Waals surface area contributed by atoms with Crippen LogP contribution in [-0.4, -0.2) is 50.3 Å². The SMILES string of the molecule is C=C(c1ccc(Oc2cc(COC(=O)NCCOC)ccc2[N+](=O)[O-])cc1)N(C)C. The minimum atomic E-state index is -0.607. The van der Waals surface area contributed by atoms with Gasteiger partial charge in [-0.1, -0.05) is 6.58 Å². The molecule has 0 unspecified atom stereocenters. The molecule has 0 bridgehead atoms. The van der Waals surface area contributed by atoms with Crippen LogP contribution in [0.3, 0.4) is 0 Å². The molecule has 9 nitrogen and oxygen atoms in total. The molecule has 2 rings (SSSR count). The van der Waals surface area contributed by atoms with E-state index in [9.17, 15) is 14.9 Å². The second-order valence-electron chi connectivity index (χ2n) is 6.52. The van der Waals surface area contributed by atoms with E-state index in [1.165, 1.54) is 25.3 Å². The van der Waals surface area contributed by atoms with Crippen molar-refractivity contribution in [2.75, 3.05) is 34.4 Å². The van der Waals surface area contributed by atoms with E-state index in [1.54, 1.807) is 12.1 Å². The lowest BCUT2D eigenvalue weighted by Gasteiger charge is -2.16. The summed E-state index contributed by atoms with van der Waals surface area (Å²) in [6.45, 7) is 4.61. The van der Waals surface area contributed by atoms with Crippen molar-refractivity contribution < 1.29 is 23.9 Å². The molecule has 2 aromatic carbocycles. The van der Waals surface area contributed by atoms with Crippen molar-refractivity contribution in [3.63, 3.8) is 0 Å². The van der Waals surface area contributed by atoms with Crippen molar-refractivity contribution in [2.45, 2.75) is 6.61 Å². The number of methoxy groups -OCH3 is 1. The van der Waals surface area contributed by atoms with Crippen LogP contribution in [-0.2, 0) is 16.1 Å². The van der Waals surface area contributed by atoms with E-state index in [1.807, 2.05) is 31.1 Å². The summed E-state index contributed by atoms with van der Waals surface area (Å²) in [5.74, 6) is 0.490. The Bertz CT molecular complexity index is 896. The van der Waals surface area contributed by atoms with Crippen LogP contribution in [0.5, 0.6) is 11.5 Å². The topological polar surface area (TPSA) is 103 Å². The third-order valence-corrected chi connectivity index (χ3v) is 4.12. The van der Waals surface area contributed by atoms with Crippen LogP contribution in [0.15, 0.2) is 49.0 Å². The van der Waals surface area contributed by atoms with E-state index < -0.39 is 11.0 Å². The number of rotatable bonds is 10. The molecular weight excluding hydrogens is 390 g/mol. The van der Waals surface area contributed by atoms with Gasteiger partial charge >= 0.3 is 11.8 Å². The predicted molar refractivity (Wildman–Crippen MR) is 112 cm³/mol. The van der Waals surface area contributed by atoms with E-state index in [-0.39, 0.29) is 18.0 Å². The summed E-state index contributed by atoms with van der Waals surface area (Å²) < 4.78 is 15.7. The van der Waals surface area contributed by atoms with Crippen molar-refractivity contribution in [1.29, 1.82) is 0 Å². The van der Waals surface area contributed by atoms with Crippen LogP contribution < -0.4 is 10.1 Å². The number of alkyl carbamates (subject to hydrolysis) is 1. The summed E-state index contributed by atoms with van der Waals surface area (Å²) in [5, 5.41) is 13.9. The fourth-order valence-electron chi connectivity index (χ4n) is 2.44. The smallest absolute Gasteiger partial charge is 0.407 e. The molecule has 1 N–H and O–H groups in total. The molecule has 0 aliphatic rings. The lowest BCUT2D eigenvalue weighted by molar-refractivity contribution is -0.385. The zero-order valence-electron chi connectivity index (χ0n) is 17.2. The molecule has 2 aromatic rings. The standard InChI is InChI=1S/C21H25N3O6/c1-15(23(2)3)17-6-8-18(9-7-17)30-20-13-16(5-10-19(20)24(26)27)14-29-21(25)22-11-12-28-4/h5-10,13H,1,11-12,14H2,2-4H3,(H,22,25). The van der Waals surface area contributed by atoms with Crippen LogP contribution in [0.2, 0.25) is 0 Å². The Kier molecular flexibility index (Phi) is 8.18. The molecule has 0 aromatic heterocycles. The average Bonchev–Trinajstić information content (AvgIpc) is 2.72. The highest BCUT2D eigenvalue weighted by molar-refractivity contribution is 5.67. The lowest BCUT2D eigenvalue weighted by atomic mass is 10.1. The number of nitrogens with one attached hydrogen (secondary N) is 1. The summed E-state index contributed by atoms with van der Waals surface area (Å²) in [5.41, 5.74) is 2.10. The van der Waals surface area contributed by atoms with Gasteiger partial charge in [0.15, 0.2) is 0 Å². The molecule has 0 saturated heterocycles. The fourth-order valence-corrected chi connectivity index (χ4v) is 2.44. The molecule has 160 valence electrons. The first-order chi connectivity index (χ1) is 14.3. The maximum absolute atomic E-state index is 11.6. The van der Waals surface area contributed by atoms with Gasteiger partial charge in [-0.3, -0.25) is 10.1 Å². The number of nitro groups is 1. The Hall–Kier alpha value is -3.59. The molecule has 0 heterocycles. The normalized spacial score (nSPS) is 10.2. The van der Waals surface area contributed by atoms with E-state index in [0.717, 1.165) is 11.3 Å². The first-order valence-electron chi connectivity index (χ1n) is 9.13. The van der Waals surface area contributed by atoms with Gasteiger partial charge in [0, 0.05) is 39.5 Å². The average molecular weight is 415 g/mol. The van der Waals surface area contributed by atoms with Crippen molar-refractivity contribution in [3.05, 3.63) is 70.3 Å². The van der Waals surface area contributed by atoms with Gasteiger partial charge < -0.3 is 24.4 Å². The summed E-state index contributed by atoms with van der Waals surface area (Å²) in [6, 6.07) is 11.4. The molecule has 0 aliphatic heterocycles. The number of hydrogen-bond donors (Lipinski definition) is 1. The Labute approximate surface area is 175 Å². The quantitative estimate of drug-likeness (QED) is 0.358.